The van der Waals surface area contributed by atoms with Crippen LogP contribution in [0.4, 0.5) is 0 Å². The third-order valence-corrected chi connectivity index (χ3v) is 13.2. The average molecular weight is 486 g/mol. The molecule has 2 saturated heterocycles. The predicted octanol–water partition coefficient (Wildman–Crippen LogP) is 5.70. The summed E-state index contributed by atoms with van der Waals surface area (Å²) in [6.07, 6.45) is 16.9. The van der Waals surface area contributed by atoms with Gasteiger partial charge in [0.25, 0.3) is 0 Å². The van der Waals surface area contributed by atoms with Crippen LogP contribution in [-0.4, -0.2) is 37.5 Å². The van der Waals surface area contributed by atoms with Gasteiger partial charge >= 0.3 is 0 Å². The molecule has 2 heterocycles. The van der Waals surface area contributed by atoms with Gasteiger partial charge in [-0.3, -0.25) is 5.32 Å². The number of hydrogen-bond acceptors (Lipinski definition) is 4. The van der Waals surface area contributed by atoms with Gasteiger partial charge < -0.3 is 15.8 Å². The summed E-state index contributed by atoms with van der Waals surface area (Å²) in [5.74, 6) is 5.93. The number of rotatable bonds is 5. The Morgan fingerprint density at radius 3 is 2.51 bits per heavy atom. The number of unbranched alkanes of at least 4 members (excludes halogenated alkanes) is 1. The second-order valence-electron chi connectivity index (χ2n) is 14.7. The minimum atomic E-state index is -0.0220. The first-order chi connectivity index (χ1) is 16.8. The quantitative estimate of drug-likeness (QED) is 0.437. The van der Waals surface area contributed by atoms with Crippen LogP contribution < -0.4 is 16.4 Å². The lowest BCUT2D eigenvalue weighted by molar-refractivity contribution is -0.134. The molecule has 4 heteroatoms. The van der Waals surface area contributed by atoms with E-state index in [1.54, 1.807) is 0 Å². The van der Waals surface area contributed by atoms with E-state index in [2.05, 4.69) is 38.3 Å². The lowest BCUT2D eigenvalue weighted by Gasteiger charge is -2.61. The van der Waals surface area contributed by atoms with E-state index in [-0.39, 0.29) is 5.72 Å². The molecule has 4 nitrogen and oxygen atoms in total. The lowest BCUT2D eigenvalue weighted by Crippen LogP contribution is -2.58. The van der Waals surface area contributed by atoms with Gasteiger partial charge in [0.2, 0.25) is 0 Å². The molecule has 4 aliphatic carbocycles. The summed E-state index contributed by atoms with van der Waals surface area (Å²) >= 11 is 0. The zero-order chi connectivity index (χ0) is 24.4. The highest BCUT2D eigenvalue weighted by Crippen LogP contribution is 2.71. The molecule has 35 heavy (non-hydrogen) atoms. The van der Waals surface area contributed by atoms with Crippen LogP contribution in [0.3, 0.4) is 0 Å². The summed E-state index contributed by atoms with van der Waals surface area (Å²) < 4.78 is 7.08. The number of piperidine rings is 1. The van der Waals surface area contributed by atoms with Crippen molar-refractivity contribution in [1.82, 2.24) is 10.6 Å². The standard InChI is InChI=1S/C31H55N3O/c1-20-9-14-31(34-19-20)21(2)28-27(35-31)18-26-24-8-7-22-17-23(33-16-6-5-15-32)10-12-29(22,3)25(24)11-13-30(26,28)4/h20-28,33-34H,5-19,32H2,1-4H3/t20?,21?,22?,23?,24?,25?,26?,27?,28?,29?,30?,31-/m0/s1. The Balaban J connectivity index is 1.14. The molecule has 200 valence electrons. The molecule has 11 unspecified atom stereocenters. The molecule has 12 atom stereocenters. The van der Waals surface area contributed by atoms with Crippen LogP contribution in [0.15, 0.2) is 0 Å². The van der Waals surface area contributed by atoms with E-state index < -0.39 is 0 Å². The molecular formula is C31H55N3O. The molecule has 4 N–H and O–H groups in total. The first kappa shape index (κ1) is 25.1. The maximum atomic E-state index is 7.08. The van der Waals surface area contributed by atoms with Crippen LogP contribution in [0, 0.1) is 52.3 Å². The number of nitrogens with two attached hydrogens (primary N) is 1. The summed E-state index contributed by atoms with van der Waals surface area (Å²) in [5.41, 5.74) is 6.74. The van der Waals surface area contributed by atoms with Gasteiger partial charge in [-0.1, -0.05) is 27.7 Å². The van der Waals surface area contributed by atoms with Crippen molar-refractivity contribution in [3.63, 3.8) is 0 Å². The Bertz CT molecular complexity index is 764. The van der Waals surface area contributed by atoms with E-state index in [1.807, 2.05) is 0 Å². The van der Waals surface area contributed by atoms with Crippen LogP contribution in [0.2, 0.25) is 0 Å². The zero-order valence-electron chi connectivity index (χ0n) is 23.3. The molecule has 0 aromatic carbocycles. The lowest BCUT2D eigenvalue weighted by atomic mass is 9.44. The van der Waals surface area contributed by atoms with Crippen molar-refractivity contribution in [2.24, 2.45) is 58.0 Å². The fourth-order valence-electron chi connectivity index (χ4n) is 11.2. The Morgan fingerprint density at radius 2 is 1.74 bits per heavy atom. The van der Waals surface area contributed by atoms with Gasteiger partial charge in [-0.25, -0.2) is 0 Å². The molecule has 0 radical (unpaired) electrons. The zero-order valence-corrected chi connectivity index (χ0v) is 23.3. The monoisotopic (exact) mass is 485 g/mol. The Morgan fingerprint density at radius 1 is 0.914 bits per heavy atom. The van der Waals surface area contributed by atoms with E-state index in [1.165, 1.54) is 70.6 Å². The average Bonchev–Trinajstić information content (AvgIpc) is 3.29. The molecule has 0 amide bonds. The van der Waals surface area contributed by atoms with Gasteiger partial charge in [0.15, 0.2) is 0 Å². The van der Waals surface area contributed by atoms with E-state index in [0.29, 0.717) is 22.9 Å². The second-order valence-corrected chi connectivity index (χ2v) is 14.7. The molecule has 2 aliphatic heterocycles. The van der Waals surface area contributed by atoms with Crippen molar-refractivity contribution in [1.29, 1.82) is 0 Å². The maximum Gasteiger partial charge on any atom is 0.122 e. The van der Waals surface area contributed by atoms with Gasteiger partial charge in [-0.05, 0) is 136 Å². The smallest absolute Gasteiger partial charge is 0.122 e. The van der Waals surface area contributed by atoms with Crippen LogP contribution in [0.5, 0.6) is 0 Å². The molecule has 6 rings (SSSR count). The van der Waals surface area contributed by atoms with Gasteiger partial charge in [0.1, 0.15) is 5.72 Å². The SMILES string of the molecule is CC1CC[C@]2(NC1)OC1CC3C4CCC5CC(NCCCCN)CCC5(C)C4CCC3(C)C1C2C. The maximum absolute atomic E-state index is 7.08. The number of fused-ring (bicyclic) bond motifs is 7. The van der Waals surface area contributed by atoms with Crippen LogP contribution in [0.25, 0.3) is 0 Å². The number of nitrogens with one attached hydrogen (secondary N) is 2. The van der Waals surface area contributed by atoms with Gasteiger partial charge in [0, 0.05) is 18.5 Å². The van der Waals surface area contributed by atoms with Crippen LogP contribution in [0.1, 0.15) is 105 Å². The fraction of sp³-hybridized carbons (Fsp3) is 1.00. The van der Waals surface area contributed by atoms with Crippen molar-refractivity contribution in [2.45, 2.75) is 123 Å². The Kier molecular flexibility index (Phi) is 6.64. The van der Waals surface area contributed by atoms with Crippen molar-refractivity contribution < 1.29 is 4.74 Å². The number of hydrogen-bond donors (Lipinski definition) is 3. The van der Waals surface area contributed by atoms with E-state index in [0.717, 1.165) is 67.6 Å². The van der Waals surface area contributed by atoms with Crippen molar-refractivity contribution in [2.75, 3.05) is 19.6 Å². The molecule has 1 spiro atoms. The topological polar surface area (TPSA) is 59.3 Å². The van der Waals surface area contributed by atoms with E-state index in [9.17, 15) is 0 Å². The molecule has 4 saturated carbocycles. The van der Waals surface area contributed by atoms with E-state index in [4.69, 9.17) is 10.5 Å². The van der Waals surface area contributed by atoms with Gasteiger partial charge in [-0.2, -0.15) is 0 Å². The Labute approximate surface area is 215 Å². The number of ether oxygens (including phenoxy) is 1. The second kappa shape index (κ2) is 9.24. The minimum absolute atomic E-state index is 0.0220. The third-order valence-electron chi connectivity index (χ3n) is 13.2. The normalized spacial score (nSPS) is 55.3. The summed E-state index contributed by atoms with van der Waals surface area (Å²) in [6.45, 7) is 13.5. The van der Waals surface area contributed by atoms with Crippen molar-refractivity contribution >= 4 is 0 Å². The third kappa shape index (κ3) is 3.90. The van der Waals surface area contributed by atoms with Gasteiger partial charge in [0.05, 0.1) is 6.10 Å². The van der Waals surface area contributed by atoms with Crippen molar-refractivity contribution in [3.8, 4) is 0 Å². The highest BCUT2D eigenvalue weighted by molar-refractivity contribution is 5.16. The first-order valence-corrected chi connectivity index (χ1v) is 15.7. The molecule has 0 aromatic rings. The molecule has 0 aromatic heterocycles. The summed E-state index contributed by atoms with van der Waals surface area (Å²) in [6, 6.07) is 0.748. The first-order valence-electron chi connectivity index (χ1n) is 15.7. The highest BCUT2D eigenvalue weighted by atomic mass is 16.5. The molecule has 6 aliphatic rings. The van der Waals surface area contributed by atoms with Crippen molar-refractivity contribution in [3.05, 3.63) is 0 Å². The summed E-state index contributed by atoms with van der Waals surface area (Å²) in [7, 11) is 0. The minimum Gasteiger partial charge on any atom is -0.357 e. The molecule has 0 bridgehead atoms. The Hall–Kier alpha value is -0.160. The molecular weight excluding hydrogens is 430 g/mol. The largest absolute Gasteiger partial charge is 0.357 e. The van der Waals surface area contributed by atoms with E-state index >= 15 is 0 Å². The van der Waals surface area contributed by atoms with Crippen LogP contribution in [-0.2, 0) is 4.74 Å². The van der Waals surface area contributed by atoms with Gasteiger partial charge in [-0.15, -0.1) is 0 Å². The highest BCUT2D eigenvalue weighted by Gasteiger charge is 2.68. The predicted molar refractivity (Wildman–Crippen MR) is 144 cm³/mol. The summed E-state index contributed by atoms with van der Waals surface area (Å²) in [5, 5.41) is 7.83. The summed E-state index contributed by atoms with van der Waals surface area (Å²) in [4.78, 5) is 0. The fourth-order valence-corrected chi connectivity index (χ4v) is 11.2. The molecule has 6 fully saturated rings. The van der Waals surface area contributed by atoms with Crippen LogP contribution >= 0.6 is 0 Å².